The van der Waals surface area contributed by atoms with Crippen molar-refractivity contribution in [1.82, 2.24) is 14.5 Å². The summed E-state index contributed by atoms with van der Waals surface area (Å²) >= 11 is 0. The molecule has 2 rings (SSSR count). The van der Waals surface area contributed by atoms with Crippen LogP contribution in [0.5, 0.6) is 0 Å². The zero-order chi connectivity index (χ0) is 9.97. The quantitative estimate of drug-likeness (QED) is 0.665. The van der Waals surface area contributed by atoms with Gasteiger partial charge in [-0.3, -0.25) is 9.78 Å². The van der Waals surface area contributed by atoms with E-state index < -0.39 is 0 Å². The van der Waals surface area contributed by atoms with Gasteiger partial charge >= 0.3 is 0 Å². The number of rotatable bonds is 2. The number of aryl methyl sites for hydroxylation is 1. The summed E-state index contributed by atoms with van der Waals surface area (Å²) in [5.41, 5.74) is 1.34. The molecule has 0 aliphatic rings. The SMILES string of the molecule is Cn1ccnc1-c1ccc(C=O)nc1. The molecule has 0 fully saturated rings. The van der Waals surface area contributed by atoms with Crippen molar-refractivity contribution < 1.29 is 4.79 Å². The number of aromatic nitrogens is 3. The molecule has 0 radical (unpaired) electrons. The average molecular weight is 187 g/mol. The van der Waals surface area contributed by atoms with Crippen molar-refractivity contribution in [2.75, 3.05) is 0 Å². The number of hydrogen-bond acceptors (Lipinski definition) is 3. The largest absolute Gasteiger partial charge is 0.334 e. The van der Waals surface area contributed by atoms with E-state index in [9.17, 15) is 4.79 Å². The third kappa shape index (κ3) is 1.42. The molecule has 4 heteroatoms. The minimum atomic E-state index is 0.433. The van der Waals surface area contributed by atoms with Crippen LogP contribution in [0.1, 0.15) is 10.5 Å². The van der Waals surface area contributed by atoms with Gasteiger partial charge in [-0.2, -0.15) is 0 Å². The van der Waals surface area contributed by atoms with Crippen molar-refractivity contribution in [1.29, 1.82) is 0 Å². The Kier molecular flexibility index (Phi) is 2.10. The van der Waals surface area contributed by atoms with Crippen LogP contribution in [0.3, 0.4) is 0 Å². The summed E-state index contributed by atoms with van der Waals surface area (Å²) in [5.74, 6) is 0.843. The molecule has 2 heterocycles. The Bertz CT molecular complexity index is 445. The van der Waals surface area contributed by atoms with Gasteiger partial charge in [-0.25, -0.2) is 4.98 Å². The molecule has 70 valence electrons. The monoisotopic (exact) mass is 187 g/mol. The predicted molar refractivity (Wildman–Crippen MR) is 51.8 cm³/mol. The van der Waals surface area contributed by atoms with E-state index >= 15 is 0 Å². The van der Waals surface area contributed by atoms with Gasteiger partial charge < -0.3 is 4.57 Å². The summed E-state index contributed by atoms with van der Waals surface area (Å²) in [5, 5.41) is 0. The van der Waals surface area contributed by atoms with Gasteiger partial charge in [0.1, 0.15) is 11.5 Å². The molecular weight excluding hydrogens is 178 g/mol. The number of hydrogen-bond donors (Lipinski definition) is 0. The fourth-order valence-electron chi connectivity index (χ4n) is 1.25. The van der Waals surface area contributed by atoms with Gasteiger partial charge in [0.2, 0.25) is 0 Å². The molecule has 0 saturated heterocycles. The van der Waals surface area contributed by atoms with Crippen molar-refractivity contribution in [2.24, 2.45) is 7.05 Å². The van der Waals surface area contributed by atoms with Gasteiger partial charge in [-0.15, -0.1) is 0 Å². The van der Waals surface area contributed by atoms with Crippen LogP contribution in [0.2, 0.25) is 0 Å². The molecule has 0 aliphatic heterocycles. The first-order chi connectivity index (χ1) is 6.81. The zero-order valence-electron chi connectivity index (χ0n) is 7.71. The predicted octanol–water partition coefficient (Wildman–Crippen LogP) is 1.29. The Labute approximate surface area is 81.2 Å². The second-order valence-electron chi connectivity index (χ2n) is 2.95. The Morgan fingerprint density at radius 2 is 2.21 bits per heavy atom. The lowest BCUT2D eigenvalue weighted by Crippen LogP contribution is -1.93. The van der Waals surface area contributed by atoms with E-state index in [0.717, 1.165) is 17.7 Å². The van der Waals surface area contributed by atoms with E-state index in [-0.39, 0.29) is 0 Å². The van der Waals surface area contributed by atoms with Crippen LogP contribution in [0.15, 0.2) is 30.7 Å². The highest BCUT2D eigenvalue weighted by Gasteiger charge is 2.02. The van der Waals surface area contributed by atoms with Crippen LogP contribution < -0.4 is 0 Å². The number of carbonyl (C=O) groups is 1. The number of pyridine rings is 1. The van der Waals surface area contributed by atoms with Gasteiger partial charge in [0.05, 0.1) is 0 Å². The maximum atomic E-state index is 10.4. The van der Waals surface area contributed by atoms with Gasteiger partial charge in [-0.1, -0.05) is 0 Å². The molecule has 0 bridgehead atoms. The normalized spacial score (nSPS) is 10.1. The third-order valence-corrected chi connectivity index (χ3v) is 1.99. The molecular formula is C10H9N3O. The molecule has 4 nitrogen and oxygen atoms in total. The van der Waals surface area contributed by atoms with E-state index in [4.69, 9.17) is 0 Å². The van der Waals surface area contributed by atoms with Crippen molar-refractivity contribution >= 4 is 6.29 Å². The van der Waals surface area contributed by atoms with Crippen LogP contribution in [-0.2, 0) is 7.05 Å². The first-order valence-corrected chi connectivity index (χ1v) is 4.20. The molecule has 2 aromatic rings. The van der Waals surface area contributed by atoms with Crippen molar-refractivity contribution in [3.63, 3.8) is 0 Å². The Balaban J connectivity index is 2.43. The summed E-state index contributed by atoms with van der Waals surface area (Å²) in [6.45, 7) is 0. The maximum Gasteiger partial charge on any atom is 0.168 e. The van der Waals surface area contributed by atoms with E-state index in [0.29, 0.717) is 5.69 Å². The van der Waals surface area contributed by atoms with E-state index in [1.807, 2.05) is 23.9 Å². The van der Waals surface area contributed by atoms with Crippen LogP contribution in [0.4, 0.5) is 0 Å². The Morgan fingerprint density at radius 3 is 2.71 bits per heavy atom. The summed E-state index contributed by atoms with van der Waals surface area (Å²) in [4.78, 5) is 18.5. The van der Waals surface area contributed by atoms with E-state index in [1.54, 1.807) is 18.5 Å². The summed E-state index contributed by atoms with van der Waals surface area (Å²) in [6.07, 6.45) is 5.96. The molecule has 0 aliphatic carbocycles. The molecule has 0 amide bonds. The van der Waals surface area contributed by atoms with Crippen LogP contribution in [-0.4, -0.2) is 20.8 Å². The second kappa shape index (κ2) is 3.41. The lowest BCUT2D eigenvalue weighted by molar-refractivity contribution is 0.111. The highest BCUT2D eigenvalue weighted by atomic mass is 16.1. The molecule has 0 unspecified atom stereocenters. The standard InChI is InChI=1S/C10H9N3O/c1-13-5-4-11-10(13)8-2-3-9(7-14)12-6-8/h2-7H,1H3. The molecule has 2 aromatic heterocycles. The molecule has 0 N–H and O–H groups in total. The van der Waals surface area contributed by atoms with Gasteiger partial charge in [0.25, 0.3) is 0 Å². The molecule has 0 aromatic carbocycles. The first-order valence-electron chi connectivity index (χ1n) is 4.20. The summed E-state index contributed by atoms with van der Waals surface area (Å²) in [6, 6.07) is 3.51. The lowest BCUT2D eigenvalue weighted by Gasteiger charge is -2.00. The topological polar surface area (TPSA) is 47.8 Å². The maximum absolute atomic E-state index is 10.4. The lowest BCUT2D eigenvalue weighted by atomic mass is 10.2. The molecule has 14 heavy (non-hydrogen) atoms. The number of carbonyl (C=O) groups excluding carboxylic acids is 1. The third-order valence-electron chi connectivity index (χ3n) is 1.99. The second-order valence-corrected chi connectivity index (χ2v) is 2.95. The fraction of sp³-hybridized carbons (Fsp3) is 0.100. The number of aldehydes is 1. The number of nitrogens with zero attached hydrogens (tertiary/aromatic N) is 3. The molecule has 0 atom stereocenters. The van der Waals surface area contributed by atoms with Gasteiger partial charge in [-0.05, 0) is 12.1 Å². The average Bonchev–Trinajstić information content (AvgIpc) is 2.65. The molecule has 0 saturated carbocycles. The van der Waals surface area contributed by atoms with Gasteiger partial charge in [0, 0.05) is 31.2 Å². The smallest absolute Gasteiger partial charge is 0.168 e. The fourth-order valence-corrected chi connectivity index (χ4v) is 1.25. The van der Waals surface area contributed by atoms with Crippen molar-refractivity contribution in [3.8, 4) is 11.4 Å². The Hall–Kier alpha value is -1.97. The highest BCUT2D eigenvalue weighted by molar-refractivity contribution is 5.72. The Morgan fingerprint density at radius 1 is 1.36 bits per heavy atom. The van der Waals surface area contributed by atoms with E-state index in [1.165, 1.54) is 0 Å². The van der Waals surface area contributed by atoms with Crippen LogP contribution in [0.25, 0.3) is 11.4 Å². The first kappa shape index (κ1) is 8.62. The van der Waals surface area contributed by atoms with Gasteiger partial charge in [0.15, 0.2) is 6.29 Å². The zero-order valence-corrected chi connectivity index (χ0v) is 7.71. The van der Waals surface area contributed by atoms with Crippen LogP contribution in [0, 0.1) is 0 Å². The van der Waals surface area contributed by atoms with Crippen molar-refractivity contribution in [2.45, 2.75) is 0 Å². The minimum absolute atomic E-state index is 0.433. The minimum Gasteiger partial charge on any atom is -0.334 e. The summed E-state index contributed by atoms with van der Waals surface area (Å²) < 4.78 is 1.90. The highest BCUT2D eigenvalue weighted by Crippen LogP contribution is 2.14. The number of imidazole rings is 1. The van der Waals surface area contributed by atoms with E-state index in [2.05, 4.69) is 9.97 Å². The molecule has 0 spiro atoms. The van der Waals surface area contributed by atoms with Crippen LogP contribution >= 0.6 is 0 Å². The van der Waals surface area contributed by atoms with Crippen molar-refractivity contribution in [3.05, 3.63) is 36.4 Å². The summed E-state index contributed by atoms with van der Waals surface area (Å²) in [7, 11) is 1.91.